The number of allylic oxidation sites excluding steroid dienone is 6. The van der Waals surface area contributed by atoms with Gasteiger partial charge in [0.15, 0.2) is 5.78 Å². The zero-order valence-electron chi connectivity index (χ0n) is 10.3. The summed E-state index contributed by atoms with van der Waals surface area (Å²) in [4.78, 5) is 12.0. The summed E-state index contributed by atoms with van der Waals surface area (Å²) in [7, 11) is 0. The first-order chi connectivity index (χ1) is 6.90. The topological polar surface area (TPSA) is 17.1 Å². The summed E-state index contributed by atoms with van der Waals surface area (Å²) in [6, 6.07) is 0. The van der Waals surface area contributed by atoms with Crippen molar-refractivity contribution in [3.05, 3.63) is 34.9 Å². The van der Waals surface area contributed by atoms with E-state index in [1.807, 2.05) is 19.9 Å². The lowest BCUT2D eigenvalue weighted by atomic mass is 9.72. The van der Waals surface area contributed by atoms with Gasteiger partial charge in [-0.3, -0.25) is 4.79 Å². The standard InChI is InChI=1S/C14H20O/c1-6-7-12(15)13-11(3)10(2)8-9-14(13,4)5/h6-8H,9H2,1-5H3. The molecule has 0 saturated heterocycles. The lowest BCUT2D eigenvalue weighted by molar-refractivity contribution is -0.112. The van der Waals surface area contributed by atoms with Gasteiger partial charge in [-0.25, -0.2) is 0 Å². The predicted octanol–water partition coefficient (Wildman–Crippen LogP) is 3.82. The molecule has 0 aromatic heterocycles. The van der Waals surface area contributed by atoms with Crippen molar-refractivity contribution in [1.29, 1.82) is 0 Å². The van der Waals surface area contributed by atoms with Crippen LogP contribution in [0.3, 0.4) is 0 Å². The van der Waals surface area contributed by atoms with Gasteiger partial charge >= 0.3 is 0 Å². The van der Waals surface area contributed by atoms with Gasteiger partial charge in [0.1, 0.15) is 0 Å². The number of hydrogen-bond acceptors (Lipinski definition) is 1. The Kier molecular flexibility index (Phi) is 3.33. The molecule has 15 heavy (non-hydrogen) atoms. The number of hydrogen-bond donors (Lipinski definition) is 0. The van der Waals surface area contributed by atoms with Gasteiger partial charge in [0.2, 0.25) is 0 Å². The summed E-state index contributed by atoms with van der Waals surface area (Å²) in [5.74, 6) is 0.160. The Bertz CT molecular complexity index is 365. The zero-order valence-corrected chi connectivity index (χ0v) is 10.3. The molecular formula is C14H20O. The second kappa shape index (κ2) is 4.18. The van der Waals surface area contributed by atoms with Crippen LogP contribution in [0.25, 0.3) is 0 Å². The fourth-order valence-electron chi connectivity index (χ4n) is 2.12. The third-order valence-electron chi connectivity index (χ3n) is 3.13. The van der Waals surface area contributed by atoms with Crippen molar-refractivity contribution in [2.75, 3.05) is 0 Å². The number of rotatable bonds is 2. The van der Waals surface area contributed by atoms with Gasteiger partial charge in [-0.15, -0.1) is 0 Å². The van der Waals surface area contributed by atoms with E-state index < -0.39 is 0 Å². The third-order valence-corrected chi connectivity index (χ3v) is 3.13. The minimum Gasteiger partial charge on any atom is -0.290 e. The van der Waals surface area contributed by atoms with Crippen LogP contribution in [0.5, 0.6) is 0 Å². The maximum Gasteiger partial charge on any atom is 0.182 e. The van der Waals surface area contributed by atoms with E-state index in [1.165, 1.54) is 5.57 Å². The average molecular weight is 204 g/mol. The molecule has 0 amide bonds. The lowest BCUT2D eigenvalue weighted by Crippen LogP contribution is -2.24. The van der Waals surface area contributed by atoms with Gasteiger partial charge in [-0.1, -0.05) is 31.6 Å². The van der Waals surface area contributed by atoms with Crippen molar-refractivity contribution in [1.82, 2.24) is 0 Å². The van der Waals surface area contributed by atoms with E-state index in [0.29, 0.717) is 0 Å². The maximum atomic E-state index is 12.0. The largest absolute Gasteiger partial charge is 0.290 e. The molecule has 0 saturated carbocycles. The number of carbonyl (C=O) groups excluding carboxylic acids is 1. The van der Waals surface area contributed by atoms with Crippen molar-refractivity contribution in [3.63, 3.8) is 0 Å². The molecule has 0 aromatic carbocycles. The van der Waals surface area contributed by atoms with Crippen molar-refractivity contribution < 1.29 is 4.79 Å². The molecule has 1 aliphatic rings. The van der Waals surface area contributed by atoms with Crippen LogP contribution in [0, 0.1) is 5.41 Å². The highest BCUT2D eigenvalue weighted by Crippen LogP contribution is 2.39. The number of ketones is 1. The molecule has 0 N–H and O–H groups in total. The molecular weight excluding hydrogens is 184 g/mol. The Morgan fingerprint density at radius 1 is 1.40 bits per heavy atom. The summed E-state index contributed by atoms with van der Waals surface area (Å²) in [6.45, 7) is 10.3. The molecule has 0 aromatic rings. The van der Waals surface area contributed by atoms with E-state index in [2.05, 4.69) is 26.8 Å². The Labute approximate surface area is 92.6 Å². The first-order valence-electron chi connectivity index (χ1n) is 5.45. The van der Waals surface area contributed by atoms with Crippen LogP contribution < -0.4 is 0 Å². The Balaban J connectivity index is 3.24. The Morgan fingerprint density at radius 3 is 2.53 bits per heavy atom. The molecule has 1 aliphatic carbocycles. The van der Waals surface area contributed by atoms with Crippen LogP contribution in [-0.2, 0) is 4.79 Å². The maximum absolute atomic E-state index is 12.0. The van der Waals surface area contributed by atoms with E-state index in [9.17, 15) is 4.79 Å². The molecule has 0 fully saturated rings. The molecule has 0 aliphatic heterocycles. The van der Waals surface area contributed by atoms with E-state index in [1.54, 1.807) is 6.08 Å². The van der Waals surface area contributed by atoms with Gasteiger partial charge in [-0.05, 0) is 44.3 Å². The SMILES string of the molecule is CC=CC(=O)C1=C(C)C(C)=CCC1(C)C. The molecule has 0 atom stereocenters. The predicted molar refractivity (Wildman–Crippen MR) is 64.7 cm³/mol. The van der Waals surface area contributed by atoms with Gasteiger partial charge < -0.3 is 0 Å². The highest BCUT2D eigenvalue weighted by Gasteiger charge is 2.31. The molecule has 0 unspecified atom stereocenters. The normalized spacial score (nSPS) is 20.7. The van der Waals surface area contributed by atoms with E-state index in [4.69, 9.17) is 0 Å². The minimum atomic E-state index is -0.0276. The third kappa shape index (κ3) is 2.28. The lowest BCUT2D eigenvalue weighted by Gasteiger charge is -2.31. The van der Waals surface area contributed by atoms with Gasteiger partial charge in [0.05, 0.1) is 0 Å². The fraction of sp³-hybridized carbons (Fsp3) is 0.500. The van der Waals surface area contributed by atoms with Crippen molar-refractivity contribution in [3.8, 4) is 0 Å². The smallest absolute Gasteiger partial charge is 0.182 e. The monoisotopic (exact) mass is 204 g/mol. The molecule has 1 heteroatoms. The molecule has 0 heterocycles. The molecule has 82 valence electrons. The van der Waals surface area contributed by atoms with E-state index in [0.717, 1.165) is 17.6 Å². The average Bonchev–Trinajstić information content (AvgIpc) is 2.12. The minimum absolute atomic E-state index is 0.0276. The van der Waals surface area contributed by atoms with Gasteiger partial charge in [-0.2, -0.15) is 0 Å². The van der Waals surface area contributed by atoms with Gasteiger partial charge in [0.25, 0.3) is 0 Å². The van der Waals surface area contributed by atoms with Crippen LogP contribution in [0.1, 0.15) is 41.0 Å². The summed E-state index contributed by atoms with van der Waals surface area (Å²) in [5, 5.41) is 0. The number of carbonyl (C=O) groups is 1. The summed E-state index contributed by atoms with van der Waals surface area (Å²) in [6.07, 6.45) is 6.65. The first kappa shape index (κ1) is 12.0. The fourth-order valence-corrected chi connectivity index (χ4v) is 2.12. The zero-order chi connectivity index (χ0) is 11.6. The molecule has 0 spiro atoms. The molecule has 0 bridgehead atoms. The highest BCUT2D eigenvalue weighted by molar-refractivity contribution is 6.06. The first-order valence-corrected chi connectivity index (χ1v) is 5.45. The van der Waals surface area contributed by atoms with Crippen LogP contribution in [0.15, 0.2) is 34.9 Å². The molecule has 1 rings (SSSR count). The highest BCUT2D eigenvalue weighted by atomic mass is 16.1. The van der Waals surface area contributed by atoms with Crippen molar-refractivity contribution >= 4 is 5.78 Å². The van der Waals surface area contributed by atoms with Crippen LogP contribution in [-0.4, -0.2) is 5.78 Å². The van der Waals surface area contributed by atoms with Crippen LogP contribution in [0.4, 0.5) is 0 Å². The van der Waals surface area contributed by atoms with Crippen LogP contribution in [0.2, 0.25) is 0 Å². The van der Waals surface area contributed by atoms with E-state index in [-0.39, 0.29) is 11.2 Å². The summed E-state index contributed by atoms with van der Waals surface area (Å²) < 4.78 is 0. The second-order valence-electron chi connectivity index (χ2n) is 4.84. The summed E-state index contributed by atoms with van der Waals surface area (Å²) in [5.41, 5.74) is 3.33. The van der Waals surface area contributed by atoms with Crippen molar-refractivity contribution in [2.45, 2.75) is 41.0 Å². The van der Waals surface area contributed by atoms with E-state index >= 15 is 0 Å². The Hall–Kier alpha value is -1.11. The Morgan fingerprint density at radius 2 is 2.00 bits per heavy atom. The summed E-state index contributed by atoms with van der Waals surface area (Å²) >= 11 is 0. The van der Waals surface area contributed by atoms with Gasteiger partial charge in [0, 0.05) is 5.57 Å². The van der Waals surface area contributed by atoms with Crippen molar-refractivity contribution in [2.24, 2.45) is 5.41 Å². The quantitative estimate of drug-likeness (QED) is 0.625. The van der Waals surface area contributed by atoms with Crippen LogP contribution >= 0.6 is 0 Å². The molecule has 1 nitrogen and oxygen atoms in total. The second-order valence-corrected chi connectivity index (χ2v) is 4.84. The molecule has 0 radical (unpaired) electrons.